The van der Waals surface area contributed by atoms with Crippen LogP contribution in [0.3, 0.4) is 0 Å². The predicted octanol–water partition coefficient (Wildman–Crippen LogP) is 1.36. The molecule has 0 amide bonds. The summed E-state index contributed by atoms with van der Waals surface area (Å²) in [5, 5.41) is 1.61. The molecule has 4 heteroatoms. The summed E-state index contributed by atoms with van der Waals surface area (Å²) in [4.78, 5) is 15.4. The molecule has 0 bridgehead atoms. The SMILES string of the molecule is Cl.Cn1ccc2ccncc2c1=O. The zero-order chi connectivity index (χ0) is 8.55. The Hall–Kier alpha value is -1.35. The lowest BCUT2D eigenvalue weighted by molar-refractivity contribution is 0.872. The highest BCUT2D eigenvalue weighted by molar-refractivity contribution is 5.85. The fourth-order valence-corrected chi connectivity index (χ4v) is 1.18. The Balaban J connectivity index is 0.000000845. The van der Waals surface area contributed by atoms with Crippen molar-refractivity contribution >= 4 is 23.2 Å². The van der Waals surface area contributed by atoms with E-state index in [-0.39, 0.29) is 18.0 Å². The fourth-order valence-electron chi connectivity index (χ4n) is 1.18. The third kappa shape index (κ3) is 1.55. The lowest BCUT2D eigenvalue weighted by Gasteiger charge is -1.98. The van der Waals surface area contributed by atoms with E-state index in [1.807, 2.05) is 12.1 Å². The number of nitrogens with zero attached hydrogens (tertiary/aromatic N) is 2. The maximum Gasteiger partial charge on any atom is 0.259 e. The standard InChI is InChI=1S/C9H8N2O.ClH/c1-11-5-3-7-2-4-10-6-8(7)9(11)12;/h2-6H,1H3;1H. The highest BCUT2D eigenvalue weighted by Crippen LogP contribution is 2.04. The number of rotatable bonds is 0. The van der Waals surface area contributed by atoms with Gasteiger partial charge in [-0.05, 0) is 17.5 Å². The van der Waals surface area contributed by atoms with Gasteiger partial charge in [-0.2, -0.15) is 0 Å². The quantitative estimate of drug-likeness (QED) is 0.638. The number of hydrogen-bond acceptors (Lipinski definition) is 2. The largest absolute Gasteiger partial charge is 0.318 e. The van der Waals surface area contributed by atoms with Crippen LogP contribution < -0.4 is 5.56 Å². The summed E-state index contributed by atoms with van der Waals surface area (Å²) in [6.07, 6.45) is 5.03. The summed E-state index contributed by atoms with van der Waals surface area (Å²) in [6.45, 7) is 0. The zero-order valence-corrected chi connectivity index (χ0v) is 7.91. The monoisotopic (exact) mass is 196 g/mol. The first-order chi connectivity index (χ1) is 5.79. The minimum absolute atomic E-state index is 0. The van der Waals surface area contributed by atoms with Gasteiger partial charge in [0.25, 0.3) is 5.56 Å². The number of hydrogen-bond donors (Lipinski definition) is 0. The summed E-state index contributed by atoms with van der Waals surface area (Å²) in [6, 6.07) is 3.73. The van der Waals surface area contributed by atoms with E-state index < -0.39 is 0 Å². The van der Waals surface area contributed by atoms with Crippen LogP contribution >= 0.6 is 12.4 Å². The van der Waals surface area contributed by atoms with Crippen molar-refractivity contribution in [3.05, 3.63) is 41.1 Å². The minimum atomic E-state index is 0. The Bertz CT molecular complexity index is 478. The smallest absolute Gasteiger partial charge is 0.259 e. The van der Waals surface area contributed by atoms with Crippen molar-refractivity contribution in [1.82, 2.24) is 9.55 Å². The number of aromatic nitrogens is 2. The topological polar surface area (TPSA) is 34.9 Å². The summed E-state index contributed by atoms with van der Waals surface area (Å²) in [7, 11) is 1.73. The van der Waals surface area contributed by atoms with Crippen LogP contribution in [-0.2, 0) is 7.05 Å². The van der Waals surface area contributed by atoms with Gasteiger partial charge in [0, 0.05) is 25.6 Å². The van der Waals surface area contributed by atoms with Crippen LogP contribution in [0.25, 0.3) is 10.8 Å². The molecule has 68 valence electrons. The van der Waals surface area contributed by atoms with Crippen molar-refractivity contribution in [3.63, 3.8) is 0 Å². The van der Waals surface area contributed by atoms with Crippen molar-refractivity contribution in [2.45, 2.75) is 0 Å². The number of aryl methyl sites for hydroxylation is 1. The zero-order valence-electron chi connectivity index (χ0n) is 7.10. The normalized spacial score (nSPS) is 9.62. The van der Waals surface area contributed by atoms with Gasteiger partial charge in [-0.25, -0.2) is 0 Å². The van der Waals surface area contributed by atoms with E-state index in [4.69, 9.17) is 0 Å². The second-order valence-corrected chi connectivity index (χ2v) is 2.69. The van der Waals surface area contributed by atoms with Crippen molar-refractivity contribution < 1.29 is 0 Å². The van der Waals surface area contributed by atoms with E-state index in [1.54, 1.807) is 30.2 Å². The molecule has 0 aromatic carbocycles. The van der Waals surface area contributed by atoms with E-state index in [9.17, 15) is 4.79 Å². The van der Waals surface area contributed by atoms with Gasteiger partial charge in [0.2, 0.25) is 0 Å². The van der Waals surface area contributed by atoms with Gasteiger partial charge >= 0.3 is 0 Å². The van der Waals surface area contributed by atoms with Crippen LogP contribution in [0.1, 0.15) is 0 Å². The van der Waals surface area contributed by atoms with Crippen LogP contribution in [0.4, 0.5) is 0 Å². The maximum absolute atomic E-state index is 11.5. The average molecular weight is 197 g/mol. The molecule has 0 aliphatic heterocycles. The van der Waals surface area contributed by atoms with Gasteiger partial charge in [-0.3, -0.25) is 9.78 Å². The van der Waals surface area contributed by atoms with Crippen molar-refractivity contribution in [3.8, 4) is 0 Å². The van der Waals surface area contributed by atoms with E-state index in [1.165, 1.54) is 0 Å². The van der Waals surface area contributed by atoms with Gasteiger partial charge in [-0.15, -0.1) is 12.4 Å². The van der Waals surface area contributed by atoms with E-state index in [2.05, 4.69) is 4.98 Å². The number of halogens is 1. The van der Waals surface area contributed by atoms with Crippen LogP contribution in [0.15, 0.2) is 35.5 Å². The molecule has 0 unspecified atom stereocenters. The third-order valence-electron chi connectivity index (χ3n) is 1.88. The fraction of sp³-hybridized carbons (Fsp3) is 0.111. The second-order valence-electron chi connectivity index (χ2n) is 2.69. The van der Waals surface area contributed by atoms with E-state index in [0.29, 0.717) is 5.39 Å². The van der Waals surface area contributed by atoms with Gasteiger partial charge in [0.05, 0.1) is 5.39 Å². The molecule has 0 spiro atoms. The molecule has 0 saturated heterocycles. The van der Waals surface area contributed by atoms with Gasteiger partial charge in [0.15, 0.2) is 0 Å². The number of pyridine rings is 2. The molecule has 2 aromatic heterocycles. The average Bonchev–Trinajstić information content (AvgIpc) is 2.12. The summed E-state index contributed by atoms with van der Waals surface area (Å²) >= 11 is 0. The Labute approximate surface area is 81.4 Å². The Morgan fingerprint density at radius 2 is 2.15 bits per heavy atom. The van der Waals surface area contributed by atoms with Crippen molar-refractivity contribution in [2.75, 3.05) is 0 Å². The molecule has 2 heterocycles. The molecule has 0 atom stereocenters. The molecule has 0 aliphatic carbocycles. The van der Waals surface area contributed by atoms with E-state index >= 15 is 0 Å². The molecular formula is C9H9ClN2O. The Morgan fingerprint density at radius 3 is 2.92 bits per heavy atom. The van der Waals surface area contributed by atoms with E-state index in [0.717, 1.165) is 5.39 Å². The summed E-state index contributed by atoms with van der Waals surface area (Å²) in [5.74, 6) is 0. The number of fused-ring (bicyclic) bond motifs is 1. The third-order valence-corrected chi connectivity index (χ3v) is 1.88. The predicted molar refractivity (Wildman–Crippen MR) is 54.2 cm³/mol. The highest BCUT2D eigenvalue weighted by Gasteiger charge is 1.97. The van der Waals surface area contributed by atoms with Gasteiger partial charge < -0.3 is 4.57 Å². The lowest BCUT2D eigenvalue weighted by atomic mass is 10.2. The maximum atomic E-state index is 11.5. The first-order valence-electron chi connectivity index (χ1n) is 3.68. The molecule has 0 radical (unpaired) electrons. The minimum Gasteiger partial charge on any atom is -0.318 e. The lowest BCUT2D eigenvalue weighted by Crippen LogP contribution is -2.15. The molecule has 0 N–H and O–H groups in total. The van der Waals surface area contributed by atoms with Crippen molar-refractivity contribution in [2.24, 2.45) is 7.05 Å². The van der Waals surface area contributed by atoms with Gasteiger partial charge in [-0.1, -0.05) is 0 Å². The first-order valence-corrected chi connectivity index (χ1v) is 3.68. The highest BCUT2D eigenvalue weighted by atomic mass is 35.5. The molecule has 3 nitrogen and oxygen atoms in total. The first kappa shape index (κ1) is 9.74. The molecule has 13 heavy (non-hydrogen) atoms. The van der Waals surface area contributed by atoms with Crippen molar-refractivity contribution in [1.29, 1.82) is 0 Å². The summed E-state index contributed by atoms with van der Waals surface area (Å²) in [5.41, 5.74) is 0.000556. The molecule has 0 fully saturated rings. The van der Waals surface area contributed by atoms with Crippen LogP contribution in [0, 0.1) is 0 Å². The molecule has 2 aromatic rings. The molecular weight excluding hydrogens is 188 g/mol. The van der Waals surface area contributed by atoms with Crippen LogP contribution in [0.5, 0.6) is 0 Å². The molecule has 0 saturated carbocycles. The Kier molecular flexibility index (Phi) is 2.68. The van der Waals surface area contributed by atoms with Crippen LogP contribution in [-0.4, -0.2) is 9.55 Å². The molecule has 2 rings (SSSR count). The second kappa shape index (κ2) is 3.58. The molecule has 0 aliphatic rings. The van der Waals surface area contributed by atoms with Crippen LogP contribution in [0.2, 0.25) is 0 Å². The Morgan fingerprint density at radius 1 is 1.38 bits per heavy atom. The summed E-state index contributed by atoms with van der Waals surface area (Å²) < 4.78 is 1.55. The van der Waals surface area contributed by atoms with Gasteiger partial charge in [0.1, 0.15) is 0 Å².